The summed E-state index contributed by atoms with van der Waals surface area (Å²) in [5.74, 6) is 6.50. The molecule has 0 aromatic rings. The molecule has 0 radical (unpaired) electrons. The van der Waals surface area contributed by atoms with Crippen molar-refractivity contribution in [3.8, 4) is 0 Å². The number of nitrogens with zero attached hydrogens (tertiary/aromatic N) is 3. The van der Waals surface area contributed by atoms with Crippen molar-refractivity contribution in [2.24, 2.45) is 10.8 Å². The highest BCUT2D eigenvalue weighted by Crippen LogP contribution is 2.12. The summed E-state index contributed by atoms with van der Waals surface area (Å²) in [5.41, 5.74) is 2.79. The Hall–Kier alpha value is -0.850. The Balaban J connectivity index is 2.57. The summed E-state index contributed by atoms with van der Waals surface area (Å²) in [7, 11) is 2.18. The maximum Gasteiger partial charge on any atom is 0.208 e. The lowest BCUT2D eigenvalue weighted by Gasteiger charge is -2.32. The quantitative estimate of drug-likeness (QED) is 0.247. The number of guanidine groups is 1. The summed E-state index contributed by atoms with van der Waals surface area (Å²) in [6.45, 7) is 9.72. The van der Waals surface area contributed by atoms with Crippen molar-refractivity contribution >= 4 is 5.96 Å². The molecule has 0 aromatic carbocycles. The lowest BCUT2D eigenvalue weighted by atomic mass is 10.2. The number of nitrogens with one attached hydrogen (secondary N) is 1. The van der Waals surface area contributed by atoms with Crippen LogP contribution in [0.4, 0.5) is 0 Å². The fourth-order valence-electron chi connectivity index (χ4n) is 2.59. The highest BCUT2D eigenvalue weighted by atomic mass is 16.5. The highest BCUT2D eigenvalue weighted by molar-refractivity contribution is 5.79. The van der Waals surface area contributed by atoms with Gasteiger partial charge < -0.3 is 14.5 Å². The molecule has 1 unspecified atom stereocenters. The zero-order valence-electron chi connectivity index (χ0n) is 13.3. The number of rotatable bonds is 6. The van der Waals surface area contributed by atoms with Crippen LogP contribution in [-0.4, -0.2) is 68.2 Å². The van der Waals surface area contributed by atoms with Gasteiger partial charge in [-0.05, 0) is 39.8 Å². The molecule has 0 spiro atoms. The van der Waals surface area contributed by atoms with Crippen LogP contribution in [0.5, 0.6) is 0 Å². The van der Waals surface area contributed by atoms with E-state index in [0.29, 0.717) is 6.04 Å². The minimum atomic E-state index is 0.476. The molecule has 1 rings (SSSR count). The second-order valence-electron chi connectivity index (χ2n) is 5.27. The van der Waals surface area contributed by atoms with Crippen molar-refractivity contribution in [1.29, 1.82) is 0 Å². The van der Waals surface area contributed by atoms with E-state index in [4.69, 9.17) is 10.6 Å². The Bertz CT molecular complexity index is 285. The summed E-state index contributed by atoms with van der Waals surface area (Å²) < 4.78 is 5.33. The number of hydrogen-bond acceptors (Lipinski definition) is 4. The van der Waals surface area contributed by atoms with Crippen LogP contribution in [0.2, 0.25) is 0 Å². The van der Waals surface area contributed by atoms with Crippen molar-refractivity contribution in [2.45, 2.75) is 39.2 Å². The Morgan fingerprint density at radius 1 is 1.40 bits per heavy atom. The van der Waals surface area contributed by atoms with E-state index < -0.39 is 0 Å². The van der Waals surface area contributed by atoms with Crippen molar-refractivity contribution < 1.29 is 4.74 Å². The van der Waals surface area contributed by atoms with Crippen LogP contribution in [0.1, 0.15) is 33.1 Å². The lowest BCUT2D eigenvalue weighted by molar-refractivity contribution is 0.146. The minimum absolute atomic E-state index is 0.476. The van der Waals surface area contributed by atoms with Crippen molar-refractivity contribution in [2.75, 3.05) is 46.4 Å². The Kier molecular flexibility index (Phi) is 8.57. The Morgan fingerprint density at radius 2 is 2.20 bits per heavy atom. The largest absolute Gasteiger partial charge is 0.382 e. The molecule has 20 heavy (non-hydrogen) atoms. The van der Waals surface area contributed by atoms with Crippen LogP contribution in [0.3, 0.4) is 0 Å². The van der Waals surface area contributed by atoms with Crippen LogP contribution in [0.25, 0.3) is 0 Å². The van der Waals surface area contributed by atoms with E-state index in [-0.39, 0.29) is 0 Å². The summed E-state index contributed by atoms with van der Waals surface area (Å²) in [5, 5.41) is 0. The molecule has 1 fully saturated rings. The van der Waals surface area contributed by atoms with Gasteiger partial charge in [0.15, 0.2) is 0 Å². The molecule has 6 nitrogen and oxygen atoms in total. The van der Waals surface area contributed by atoms with Gasteiger partial charge >= 0.3 is 0 Å². The molecular weight excluding hydrogens is 254 g/mol. The summed E-state index contributed by atoms with van der Waals surface area (Å²) in [6, 6.07) is 0.476. The van der Waals surface area contributed by atoms with Crippen LogP contribution in [0, 0.1) is 0 Å². The smallest absolute Gasteiger partial charge is 0.208 e. The number of aliphatic imine (C=N–C) groups is 1. The van der Waals surface area contributed by atoms with Gasteiger partial charge in [0.2, 0.25) is 5.96 Å². The third-order valence-electron chi connectivity index (χ3n) is 3.69. The first-order valence-electron chi connectivity index (χ1n) is 7.76. The van der Waals surface area contributed by atoms with E-state index in [1.165, 1.54) is 0 Å². The normalized spacial score (nSPS) is 21.9. The summed E-state index contributed by atoms with van der Waals surface area (Å²) >= 11 is 0. The molecule has 1 heterocycles. The maximum absolute atomic E-state index is 5.68. The molecule has 0 saturated carbocycles. The molecule has 0 aliphatic carbocycles. The van der Waals surface area contributed by atoms with Crippen LogP contribution in [-0.2, 0) is 4.74 Å². The van der Waals surface area contributed by atoms with Crippen molar-refractivity contribution in [3.63, 3.8) is 0 Å². The molecule has 0 aromatic heterocycles. The maximum atomic E-state index is 5.68. The van der Waals surface area contributed by atoms with Gasteiger partial charge in [0.05, 0.1) is 0 Å². The van der Waals surface area contributed by atoms with Gasteiger partial charge in [-0.3, -0.25) is 10.4 Å². The molecule has 1 atom stereocenters. The van der Waals surface area contributed by atoms with E-state index in [0.717, 1.165) is 64.6 Å². The number of ether oxygens (including phenoxy) is 1. The van der Waals surface area contributed by atoms with Gasteiger partial charge in [0.25, 0.3) is 0 Å². The first-order valence-corrected chi connectivity index (χ1v) is 7.76. The first-order chi connectivity index (χ1) is 9.72. The number of hydrazine groups is 1. The third kappa shape index (κ3) is 5.64. The van der Waals surface area contributed by atoms with Crippen LogP contribution in [0.15, 0.2) is 4.99 Å². The number of nitrogens with two attached hydrogens (primary N) is 1. The fourth-order valence-corrected chi connectivity index (χ4v) is 2.59. The molecule has 0 bridgehead atoms. The number of likely N-dealkylation sites (N-methyl/N-ethyl adjacent to an activating group) is 1. The molecule has 1 aliphatic heterocycles. The Morgan fingerprint density at radius 3 is 2.85 bits per heavy atom. The molecule has 118 valence electrons. The van der Waals surface area contributed by atoms with Gasteiger partial charge in [0.1, 0.15) is 0 Å². The molecular formula is C14H31N5O. The molecule has 1 aliphatic rings. The van der Waals surface area contributed by atoms with E-state index in [9.17, 15) is 0 Å². The van der Waals surface area contributed by atoms with E-state index >= 15 is 0 Å². The third-order valence-corrected chi connectivity index (χ3v) is 3.69. The number of hydrogen-bond donors (Lipinski definition) is 2. The SMILES string of the molecule is CCOCCCN=C(NN)N1CCCN(C)CC1CC. The van der Waals surface area contributed by atoms with Crippen LogP contribution >= 0.6 is 0 Å². The average Bonchev–Trinajstić information content (AvgIpc) is 2.64. The topological polar surface area (TPSA) is 66.1 Å². The van der Waals surface area contributed by atoms with Crippen molar-refractivity contribution in [3.05, 3.63) is 0 Å². The van der Waals surface area contributed by atoms with Gasteiger partial charge in [0, 0.05) is 38.9 Å². The lowest BCUT2D eigenvalue weighted by Crippen LogP contribution is -2.51. The summed E-state index contributed by atoms with van der Waals surface area (Å²) in [4.78, 5) is 9.32. The second kappa shape index (κ2) is 9.96. The predicted octanol–water partition coefficient (Wildman–Crippen LogP) is 0.648. The van der Waals surface area contributed by atoms with E-state index in [2.05, 4.69) is 34.2 Å². The Labute approximate surface area is 123 Å². The van der Waals surface area contributed by atoms with Gasteiger partial charge in [-0.2, -0.15) is 0 Å². The predicted molar refractivity (Wildman–Crippen MR) is 83.6 cm³/mol. The summed E-state index contributed by atoms with van der Waals surface area (Å²) in [6.07, 6.45) is 3.18. The van der Waals surface area contributed by atoms with E-state index in [1.54, 1.807) is 0 Å². The highest BCUT2D eigenvalue weighted by Gasteiger charge is 2.24. The average molecular weight is 285 g/mol. The second-order valence-corrected chi connectivity index (χ2v) is 5.27. The monoisotopic (exact) mass is 285 g/mol. The molecule has 0 amide bonds. The van der Waals surface area contributed by atoms with Crippen LogP contribution < -0.4 is 11.3 Å². The van der Waals surface area contributed by atoms with Gasteiger partial charge in [-0.15, -0.1) is 0 Å². The first kappa shape index (κ1) is 17.2. The molecule has 6 heteroatoms. The van der Waals surface area contributed by atoms with Gasteiger partial charge in [-0.1, -0.05) is 6.92 Å². The zero-order valence-corrected chi connectivity index (χ0v) is 13.3. The fraction of sp³-hybridized carbons (Fsp3) is 0.929. The standard InChI is InChI=1S/C14H31N5O/c1-4-13-12-18(3)9-7-10-19(13)14(17-15)16-8-6-11-20-5-2/h13H,4-12,15H2,1-3H3,(H,16,17). The zero-order chi connectivity index (χ0) is 14.8. The van der Waals surface area contributed by atoms with E-state index in [1.807, 2.05) is 6.92 Å². The van der Waals surface area contributed by atoms with Gasteiger partial charge in [-0.25, -0.2) is 5.84 Å². The minimum Gasteiger partial charge on any atom is -0.382 e. The van der Waals surface area contributed by atoms with Crippen molar-refractivity contribution in [1.82, 2.24) is 15.2 Å². The molecule has 3 N–H and O–H groups in total. The molecule has 1 saturated heterocycles.